The summed E-state index contributed by atoms with van der Waals surface area (Å²) in [6.07, 6.45) is 0. The number of nitrogens with one attached hydrogen (secondary N) is 1. The molecule has 14 heteroatoms. The van der Waals surface area contributed by atoms with Gasteiger partial charge in [-0.3, -0.25) is 9.80 Å². The maximum absolute atomic E-state index is 11.5. The van der Waals surface area contributed by atoms with Gasteiger partial charge >= 0.3 is 11.9 Å². The molecular formula is C35H45N5O8S. The van der Waals surface area contributed by atoms with Gasteiger partial charge in [0.2, 0.25) is 0 Å². The van der Waals surface area contributed by atoms with Crippen molar-refractivity contribution in [2.75, 3.05) is 65.8 Å². The second-order valence-corrected chi connectivity index (χ2v) is 12.2. The van der Waals surface area contributed by atoms with Gasteiger partial charge in [0.25, 0.3) is 0 Å². The van der Waals surface area contributed by atoms with E-state index in [1.165, 1.54) is 12.1 Å². The molecule has 0 aliphatic carbocycles. The Balaban J connectivity index is 1.53. The number of benzene rings is 1. The summed E-state index contributed by atoms with van der Waals surface area (Å²) in [6.45, 7) is 9.87. The first-order valence-corrected chi connectivity index (χ1v) is 16.7. The Kier molecular flexibility index (Phi) is 15.1. The molecule has 0 unspecified atom stereocenters. The topological polar surface area (TPSA) is 156 Å². The van der Waals surface area contributed by atoms with Crippen LogP contribution in [0.3, 0.4) is 0 Å². The predicted octanol–water partition coefficient (Wildman–Crippen LogP) is 3.75. The molecular weight excluding hydrogens is 650 g/mol. The normalized spacial score (nSPS) is 16.0. The van der Waals surface area contributed by atoms with Gasteiger partial charge < -0.3 is 34.5 Å². The summed E-state index contributed by atoms with van der Waals surface area (Å²) in [6, 6.07) is 15.7. The van der Waals surface area contributed by atoms with Crippen molar-refractivity contribution in [2.45, 2.75) is 33.5 Å². The SMILES string of the molecule is CC(C)C(=S)NCc1cccc2c1OCCN(Cc1cccc(C(=O)O)n1)CCOCCOCCN(Cc1cccc(C(=O)O)n1)CCO2. The largest absolute Gasteiger partial charge is 0.488 e. The molecule has 3 N–H and O–H groups in total. The van der Waals surface area contributed by atoms with Gasteiger partial charge in [-0.1, -0.05) is 50.3 Å². The zero-order valence-corrected chi connectivity index (χ0v) is 28.8. The highest BCUT2D eigenvalue weighted by atomic mass is 32.1. The zero-order chi connectivity index (χ0) is 35.0. The fraction of sp³-hybridized carbons (Fsp3) is 0.457. The summed E-state index contributed by atoms with van der Waals surface area (Å²) in [7, 11) is 0. The Labute approximate surface area is 292 Å². The van der Waals surface area contributed by atoms with Crippen molar-refractivity contribution >= 4 is 29.1 Å². The highest BCUT2D eigenvalue weighted by Crippen LogP contribution is 2.32. The Bertz CT molecular complexity index is 1540. The average Bonchev–Trinajstić information content (AvgIpc) is 3.08. The number of ether oxygens (including phenoxy) is 4. The zero-order valence-electron chi connectivity index (χ0n) is 28.0. The van der Waals surface area contributed by atoms with Crippen LogP contribution >= 0.6 is 12.2 Å². The van der Waals surface area contributed by atoms with Crippen molar-refractivity contribution in [2.24, 2.45) is 5.92 Å². The quantitative estimate of drug-likeness (QED) is 0.278. The van der Waals surface area contributed by atoms with Crippen LogP contribution in [0.15, 0.2) is 54.6 Å². The number of fused-ring (bicyclic) bond motifs is 1. The molecule has 2 aromatic heterocycles. The molecule has 3 aromatic rings. The molecule has 49 heavy (non-hydrogen) atoms. The van der Waals surface area contributed by atoms with E-state index < -0.39 is 11.9 Å². The van der Waals surface area contributed by atoms with Crippen LogP contribution in [0.5, 0.6) is 11.5 Å². The molecule has 0 saturated carbocycles. The van der Waals surface area contributed by atoms with Gasteiger partial charge in [0.1, 0.15) is 24.6 Å². The summed E-state index contributed by atoms with van der Waals surface area (Å²) in [4.78, 5) is 36.5. The number of thiocarbonyl (C=S) groups is 1. The van der Waals surface area contributed by atoms with Crippen LogP contribution < -0.4 is 14.8 Å². The smallest absolute Gasteiger partial charge is 0.354 e. The maximum Gasteiger partial charge on any atom is 0.354 e. The van der Waals surface area contributed by atoms with Crippen LogP contribution in [0.1, 0.15) is 51.8 Å². The van der Waals surface area contributed by atoms with E-state index >= 15 is 0 Å². The van der Waals surface area contributed by atoms with E-state index in [-0.39, 0.29) is 17.3 Å². The van der Waals surface area contributed by atoms with Gasteiger partial charge in [-0.2, -0.15) is 0 Å². The minimum atomic E-state index is -1.07. The fourth-order valence-corrected chi connectivity index (χ4v) is 5.08. The molecule has 0 spiro atoms. The van der Waals surface area contributed by atoms with Gasteiger partial charge in [0.15, 0.2) is 11.5 Å². The second kappa shape index (κ2) is 19.7. The number of carboxylic acid groups (broad SMARTS) is 2. The molecule has 3 heterocycles. The number of rotatable bonds is 9. The van der Waals surface area contributed by atoms with E-state index in [0.29, 0.717) is 108 Å². The number of aromatic nitrogens is 2. The Morgan fingerprint density at radius 2 is 1.27 bits per heavy atom. The van der Waals surface area contributed by atoms with Crippen LogP contribution in [-0.4, -0.2) is 113 Å². The van der Waals surface area contributed by atoms with Crippen LogP contribution in [0.25, 0.3) is 0 Å². The molecule has 1 aliphatic rings. The van der Waals surface area contributed by atoms with E-state index in [1.54, 1.807) is 24.3 Å². The van der Waals surface area contributed by atoms with Gasteiger partial charge in [0.05, 0.1) is 42.8 Å². The first kappa shape index (κ1) is 37.6. The number of hydrogen-bond acceptors (Lipinski definition) is 11. The molecule has 13 nitrogen and oxygen atoms in total. The van der Waals surface area contributed by atoms with E-state index in [4.69, 9.17) is 31.2 Å². The van der Waals surface area contributed by atoms with Gasteiger partial charge in [-0.05, 0) is 30.3 Å². The summed E-state index contributed by atoms with van der Waals surface area (Å²) < 4.78 is 24.5. The summed E-state index contributed by atoms with van der Waals surface area (Å²) >= 11 is 5.52. The third kappa shape index (κ3) is 12.6. The standard InChI is InChI=1S/C35H45N5O8S/c1-25(2)33(49)36-22-26-6-3-11-31-32(26)48-19-15-40(24-28-8-5-10-30(38-28)35(43)44)13-17-46-21-20-45-16-12-39(14-18-47-31)23-27-7-4-9-29(37-27)34(41)42/h3-11,25H,12-24H2,1-2H3,(H,36,49)(H,41,42)(H,43,44). The lowest BCUT2D eigenvalue weighted by Crippen LogP contribution is -2.33. The molecule has 264 valence electrons. The average molecular weight is 696 g/mol. The van der Waals surface area contributed by atoms with E-state index in [0.717, 1.165) is 10.6 Å². The Hall–Kier alpha value is -4.21. The van der Waals surface area contributed by atoms with Crippen molar-refractivity contribution in [3.05, 3.63) is 82.9 Å². The highest BCUT2D eigenvalue weighted by Gasteiger charge is 2.17. The Morgan fingerprint density at radius 1 is 0.755 bits per heavy atom. The molecule has 0 saturated heterocycles. The number of nitrogens with zero attached hydrogens (tertiary/aromatic N) is 4. The summed E-state index contributed by atoms with van der Waals surface area (Å²) in [5.74, 6) is -0.763. The third-order valence-electron chi connectivity index (χ3n) is 7.66. The van der Waals surface area contributed by atoms with Crippen LogP contribution in [0.4, 0.5) is 0 Å². The van der Waals surface area contributed by atoms with Gasteiger partial charge in [-0.15, -0.1) is 0 Å². The molecule has 0 bridgehead atoms. The monoisotopic (exact) mass is 695 g/mol. The molecule has 0 atom stereocenters. The fourth-order valence-electron chi connectivity index (χ4n) is 5.01. The number of hydrogen-bond donors (Lipinski definition) is 3. The number of para-hydroxylation sites is 1. The lowest BCUT2D eigenvalue weighted by molar-refractivity contribution is 0.0268. The minimum Gasteiger partial charge on any atom is -0.488 e. The minimum absolute atomic E-state index is 0.00342. The number of carboxylic acids is 2. The first-order chi connectivity index (χ1) is 23.7. The molecule has 1 aromatic carbocycles. The lowest BCUT2D eigenvalue weighted by Gasteiger charge is -2.25. The third-order valence-corrected chi connectivity index (χ3v) is 8.27. The van der Waals surface area contributed by atoms with Crippen molar-refractivity contribution in [1.29, 1.82) is 0 Å². The molecule has 0 fully saturated rings. The lowest BCUT2D eigenvalue weighted by atomic mass is 10.1. The highest BCUT2D eigenvalue weighted by molar-refractivity contribution is 7.80. The van der Waals surface area contributed by atoms with Crippen molar-refractivity contribution < 1.29 is 38.7 Å². The van der Waals surface area contributed by atoms with Crippen molar-refractivity contribution in [3.8, 4) is 11.5 Å². The van der Waals surface area contributed by atoms with E-state index in [1.807, 2.05) is 32.0 Å². The van der Waals surface area contributed by atoms with Crippen LogP contribution in [-0.2, 0) is 29.1 Å². The predicted molar refractivity (Wildman–Crippen MR) is 186 cm³/mol. The number of carbonyl (C=O) groups is 2. The maximum atomic E-state index is 11.5. The van der Waals surface area contributed by atoms with Crippen molar-refractivity contribution in [1.82, 2.24) is 25.1 Å². The van der Waals surface area contributed by atoms with Crippen LogP contribution in [0, 0.1) is 5.92 Å². The van der Waals surface area contributed by atoms with Gasteiger partial charge in [-0.25, -0.2) is 19.6 Å². The summed E-state index contributed by atoms with van der Waals surface area (Å²) in [5.41, 5.74) is 2.15. The molecule has 0 radical (unpaired) electrons. The summed E-state index contributed by atoms with van der Waals surface area (Å²) in [5, 5.41) is 22.1. The number of aromatic carboxylic acids is 2. The van der Waals surface area contributed by atoms with E-state index in [9.17, 15) is 19.8 Å². The number of pyridine rings is 2. The van der Waals surface area contributed by atoms with E-state index in [2.05, 4.69) is 25.1 Å². The molecule has 4 rings (SSSR count). The second-order valence-electron chi connectivity index (χ2n) is 11.7. The molecule has 1 aliphatic heterocycles. The van der Waals surface area contributed by atoms with Gasteiger partial charge in [0, 0.05) is 57.3 Å². The molecule has 0 amide bonds. The first-order valence-electron chi connectivity index (χ1n) is 16.3. The Morgan fingerprint density at radius 3 is 1.80 bits per heavy atom. The van der Waals surface area contributed by atoms with Crippen molar-refractivity contribution in [3.63, 3.8) is 0 Å². The van der Waals surface area contributed by atoms with Crippen LogP contribution in [0.2, 0.25) is 0 Å².